The Morgan fingerprint density at radius 1 is 1.39 bits per heavy atom. The first kappa shape index (κ1) is 17.9. The number of amides is 1. The van der Waals surface area contributed by atoms with E-state index < -0.39 is 20.9 Å². The van der Waals surface area contributed by atoms with Crippen molar-refractivity contribution in [1.82, 2.24) is 10.2 Å². The predicted molar refractivity (Wildman–Crippen MR) is 86.3 cm³/mol. The molecule has 0 aliphatic carbocycles. The second kappa shape index (κ2) is 7.40. The molecule has 2 rings (SSSR count). The highest BCUT2D eigenvalue weighted by Crippen LogP contribution is 2.22. The molecule has 2 unspecified atom stereocenters. The van der Waals surface area contributed by atoms with Gasteiger partial charge in [-0.25, -0.2) is 12.8 Å². The first-order valence-corrected chi connectivity index (χ1v) is 9.34. The lowest BCUT2D eigenvalue weighted by atomic mass is 10.2. The zero-order valence-electron chi connectivity index (χ0n) is 13.5. The Kier molecular flexibility index (Phi) is 5.75. The van der Waals surface area contributed by atoms with Gasteiger partial charge < -0.3 is 10.2 Å². The summed E-state index contributed by atoms with van der Waals surface area (Å²) in [5.74, 6) is -0.624. The van der Waals surface area contributed by atoms with E-state index in [0.29, 0.717) is 13.1 Å². The summed E-state index contributed by atoms with van der Waals surface area (Å²) >= 11 is 0. The molecular formula is C16H23FN2O3S. The molecule has 1 aromatic rings. The van der Waals surface area contributed by atoms with Crippen LogP contribution < -0.4 is 5.32 Å². The number of rotatable bonds is 6. The number of sulfone groups is 1. The fraction of sp³-hybridized carbons (Fsp3) is 0.562. The van der Waals surface area contributed by atoms with E-state index in [1.807, 2.05) is 7.05 Å². The van der Waals surface area contributed by atoms with Crippen LogP contribution in [0.2, 0.25) is 0 Å². The lowest BCUT2D eigenvalue weighted by Crippen LogP contribution is -2.42. The van der Waals surface area contributed by atoms with E-state index in [4.69, 9.17) is 0 Å². The van der Waals surface area contributed by atoms with Crippen LogP contribution in [0.25, 0.3) is 0 Å². The maximum atomic E-state index is 12.9. The Bertz CT molecular complexity index is 646. The van der Waals surface area contributed by atoms with Crippen LogP contribution in [-0.4, -0.2) is 50.7 Å². The molecule has 1 amide bonds. The molecule has 128 valence electrons. The van der Waals surface area contributed by atoms with Crippen molar-refractivity contribution in [3.05, 3.63) is 30.1 Å². The number of benzene rings is 1. The van der Waals surface area contributed by atoms with Crippen molar-refractivity contribution in [2.45, 2.75) is 42.4 Å². The summed E-state index contributed by atoms with van der Waals surface area (Å²) in [7, 11) is -1.80. The predicted octanol–water partition coefficient (Wildman–Crippen LogP) is 1.59. The number of nitrogens with one attached hydrogen (secondary N) is 1. The van der Waals surface area contributed by atoms with Crippen LogP contribution in [0.15, 0.2) is 29.2 Å². The lowest BCUT2D eigenvalue weighted by Gasteiger charge is -2.26. The van der Waals surface area contributed by atoms with Gasteiger partial charge in [0.05, 0.1) is 10.1 Å². The van der Waals surface area contributed by atoms with E-state index in [9.17, 15) is 17.6 Å². The average Bonchev–Trinajstić information content (AvgIpc) is 2.96. The fourth-order valence-electron chi connectivity index (χ4n) is 2.94. The third kappa shape index (κ3) is 4.09. The quantitative estimate of drug-likeness (QED) is 0.797. The summed E-state index contributed by atoms with van der Waals surface area (Å²) in [6.07, 6.45) is 1.82. The molecule has 23 heavy (non-hydrogen) atoms. The Hall–Kier alpha value is -1.47. The number of hydrogen-bond donors (Lipinski definition) is 1. The van der Waals surface area contributed by atoms with E-state index in [1.165, 1.54) is 19.1 Å². The molecule has 1 aliphatic rings. The van der Waals surface area contributed by atoms with Crippen molar-refractivity contribution in [2.24, 2.45) is 0 Å². The SMILES string of the molecule is CNCC1CCCN1C(=O)CC(C)S(=O)(=O)c1ccc(F)cc1. The highest BCUT2D eigenvalue weighted by atomic mass is 32.2. The standard InChI is InChI=1S/C16H23FN2O3S/c1-12(23(21,22)15-7-5-13(17)6-8-15)10-16(20)19-9-3-4-14(19)11-18-2/h5-8,12,14,18H,3-4,9-11H2,1-2H3. The van der Waals surface area contributed by atoms with Gasteiger partial charge in [0.2, 0.25) is 5.91 Å². The van der Waals surface area contributed by atoms with Crippen LogP contribution in [-0.2, 0) is 14.6 Å². The van der Waals surface area contributed by atoms with Gasteiger partial charge in [0.1, 0.15) is 5.82 Å². The molecule has 2 atom stereocenters. The summed E-state index contributed by atoms with van der Waals surface area (Å²) in [5.41, 5.74) is 0. The molecule has 5 nitrogen and oxygen atoms in total. The number of likely N-dealkylation sites (tertiary alicyclic amines) is 1. The van der Waals surface area contributed by atoms with Crippen LogP contribution in [0.5, 0.6) is 0 Å². The summed E-state index contributed by atoms with van der Waals surface area (Å²) in [6, 6.07) is 4.85. The zero-order valence-corrected chi connectivity index (χ0v) is 14.3. The second-order valence-corrected chi connectivity index (χ2v) is 8.32. The summed E-state index contributed by atoms with van der Waals surface area (Å²) < 4.78 is 37.9. The van der Waals surface area contributed by atoms with Crippen LogP contribution in [0.3, 0.4) is 0 Å². The molecule has 0 radical (unpaired) electrons. The lowest BCUT2D eigenvalue weighted by molar-refractivity contribution is -0.131. The average molecular weight is 342 g/mol. The van der Waals surface area contributed by atoms with Crippen LogP contribution in [0, 0.1) is 5.82 Å². The normalized spacial score (nSPS) is 19.8. The highest BCUT2D eigenvalue weighted by Gasteiger charge is 2.32. The minimum Gasteiger partial charge on any atom is -0.338 e. The van der Waals surface area contributed by atoms with Crippen LogP contribution in [0.4, 0.5) is 4.39 Å². The third-order valence-electron chi connectivity index (χ3n) is 4.27. The van der Waals surface area contributed by atoms with Crippen molar-refractivity contribution in [1.29, 1.82) is 0 Å². The Labute approximate surface area is 136 Å². The van der Waals surface area contributed by atoms with Crippen molar-refractivity contribution >= 4 is 15.7 Å². The van der Waals surface area contributed by atoms with Gasteiger partial charge in [-0.3, -0.25) is 4.79 Å². The zero-order chi connectivity index (χ0) is 17.0. The molecule has 1 aliphatic heterocycles. The van der Waals surface area contributed by atoms with Gasteiger partial charge >= 0.3 is 0 Å². The number of nitrogens with zero attached hydrogens (tertiary/aromatic N) is 1. The molecule has 1 saturated heterocycles. The largest absolute Gasteiger partial charge is 0.338 e. The minimum atomic E-state index is -3.64. The van der Waals surface area contributed by atoms with Gasteiger partial charge in [-0.15, -0.1) is 0 Å². The van der Waals surface area contributed by atoms with E-state index in [-0.39, 0.29) is 23.3 Å². The molecular weight excluding hydrogens is 319 g/mol. The van der Waals surface area contributed by atoms with Gasteiger partial charge in [-0.2, -0.15) is 0 Å². The maximum absolute atomic E-state index is 12.9. The maximum Gasteiger partial charge on any atom is 0.224 e. The molecule has 1 aromatic carbocycles. The van der Waals surface area contributed by atoms with Gasteiger partial charge in [0, 0.05) is 25.6 Å². The molecule has 1 fully saturated rings. The number of hydrogen-bond acceptors (Lipinski definition) is 4. The van der Waals surface area contributed by atoms with Crippen LogP contribution in [0.1, 0.15) is 26.2 Å². The number of carbonyl (C=O) groups excluding carboxylic acids is 1. The molecule has 0 aromatic heterocycles. The smallest absolute Gasteiger partial charge is 0.224 e. The molecule has 0 bridgehead atoms. The van der Waals surface area contributed by atoms with Crippen molar-refractivity contribution < 1.29 is 17.6 Å². The van der Waals surface area contributed by atoms with Crippen molar-refractivity contribution in [3.8, 4) is 0 Å². The molecule has 0 saturated carbocycles. The first-order valence-electron chi connectivity index (χ1n) is 7.79. The number of halogens is 1. The second-order valence-electron chi connectivity index (χ2n) is 5.95. The molecule has 1 heterocycles. The van der Waals surface area contributed by atoms with E-state index in [1.54, 1.807) is 4.90 Å². The van der Waals surface area contributed by atoms with E-state index >= 15 is 0 Å². The summed E-state index contributed by atoms with van der Waals surface area (Å²) in [6.45, 7) is 2.92. The summed E-state index contributed by atoms with van der Waals surface area (Å²) in [5, 5.41) is 2.22. The first-order chi connectivity index (χ1) is 10.9. The minimum absolute atomic E-state index is 0.0485. The monoisotopic (exact) mass is 342 g/mol. The molecule has 1 N–H and O–H groups in total. The molecule has 0 spiro atoms. The third-order valence-corrected chi connectivity index (χ3v) is 6.43. The summed E-state index contributed by atoms with van der Waals surface area (Å²) in [4.78, 5) is 14.3. The van der Waals surface area contributed by atoms with Gasteiger partial charge in [-0.1, -0.05) is 0 Å². The van der Waals surface area contributed by atoms with E-state index in [0.717, 1.165) is 25.0 Å². The van der Waals surface area contributed by atoms with E-state index in [2.05, 4.69) is 5.32 Å². The van der Waals surface area contributed by atoms with Gasteiger partial charge in [-0.05, 0) is 51.1 Å². The number of likely N-dealkylation sites (N-methyl/N-ethyl adjacent to an activating group) is 1. The Morgan fingerprint density at radius 3 is 2.65 bits per heavy atom. The van der Waals surface area contributed by atoms with Gasteiger partial charge in [0.25, 0.3) is 0 Å². The Morgan fingerprint density at radius 2 is 2.04 bits per heavy atom. The Balaban J connectivity index is 2.06. The number of carbonyl (C=O) groups is 1. The van der Waals surface area contributed by atoms with Crippen molar-refractivity contribution in [2.75, 3.05) is 20.1 Å². The fourth-order valence-corrected chi connectivity index (χ4v) is 4.28. The van der Waals surface area contributed by atoms with Gasteiger partial charge in [0.15, 0.2) is 9.84 Å². The topological polar surface area (TPSA) is 66.5 Å². The van der Waals surface area contributed by atoms with Crippen LogP contribution >= 0.6 is 0 Å². The highest BCUT2D eigenvalue weighted by molar-refractivity contribution is 7.92. The molecule has 7 heteroatoms. The van der Waals surface area contributed by atoms with Crippen molar-refractivity contribution in [3.63, 3.8) is 0 Å².